The lowest BCUT2D eigenvalue weighted by molar-refractivity contribution is 0.279. The molecular weight excluding hydrogens is 248 g/mol. The number of hydrogen-bond acceptors (Lipinski definition) is 5. The number of thioether (sulfide) groups is 1. The molecule has 0 bridgehead atoms. The van der Waals surface area contributed by atoms with E-state index in [4.69, 9.17) is 9.84 Å². The van der Waals surface area contributed by atoms with Gasteiger partial charge in [0.1, 0.15) is 5.75 Å². The highest BCUT2D eigenvalue weighted by Crippen LogP contribution is 2.22. The summed E-state index contributed by atoms with van der Waals surface area (Å²) in [4.78, 5) is 9.41. The molecule has 0 saturated heterocycles. The lowest BCUT2D eigenvalue weighted by Crippen LogP contribution is -1.98. The van der Waals surface area contributed by atoms with Crippen LogP contribution in [-0.4, -0.2) is 21.3 Å². The van der Waals surface area contributed by atoms with E-state index in [2.05, 4.69) is 9.97 Å². The number of ether oxygens (including phenoxy) is 1. The second-order valence-electron chi connectivity index (χ2n) is 3.70. The molecule has 0 aliphatic rings. The minimum absolute atomic E-state index is 0.0610. The lowest BCUT2D eigenvalue weighted by atomic mass is 10.3. The molecule has 1 aromatic carbocycles. The lowest BCUT2D eigenvalue weighted by Gasteiger charge is -2.06. The molecule has 0 unspecified atom stereocenters. The second kappa shape index (κ2) is 5.84. The monoisotopic (exact) mass is 262 g/mol. The summed E-state index contributed by atoms with van der Waals surface area (Å²) >= 11 is 1.68. The van der Waals surface area contributed by atoms with E-state index in [1.165, 1.54) is 4.90 Å². The molecule has 0 radical (unpaired) electrons. The van der Waals surface area contributed by atoms with Gasteiger partial charge in [-0.2, -0.15) is 4.98 Å². The van der Waals surface area contributed by atoms with Crippen LogP contribution in [0.15, 0.2) is 35.4 Å². The Labute approximate surface area is 110 Å². The number of aliphatic hydroxyl groups excluding tert-OH is 1. The Morgan fingerprint density at radius 2 is 2.00 bits per heavy atom. The Morgan fingerprint density at radius 3 is 2.56 bits per heavy atom. The molecule has 1 aromatic heterocycles. The van der Waals surface area contributed by atoms with Crippen molar-refractivity contribution in [2.75, 3.05) is 6.26 Å². The van der Waals surface area contributed by atoms with Crippen LogP contribution in [0.1, 0.15) is 11.3 Å². The van der Waals surface area contributed by atoms with Gasteiger partial charge in [-0.25, -0.2) is 4.98 Å². The molecule has 0 saturated carbocycles. The third-order valence-electron chi connectivity index (χ3n) is 2.50. The van der Waals surface area contributed by atoms with Gasteiger partial charge in [0, 0.05) is 16.7 Å². The molecule has 94 valence electrons. The quantitative estimate of drug-likeness (QED) is 0.859. The fourth-order valence-electron chi connectivity index (χ4n) is 1.42. The van der Waals surface area contributed by atoms with E-state index in [0.29, 0.717) is 17.3 Å². The Morgan fingerprint density at radius 1 is 1.28 bits per heavy atom. The molecule has 2 rings (SSSR count). The van der Waals surface area contributed by atoms with E-state index in [-0.39, 0.29) is 6.61 Å². The Balaban J connectivity index is 2.15. The topological polar surface area (TPSA) is 55.2 Å². The number of hydrogen-bond donors (Lipinski definition) is 1. The maximum Gasteiger partial charge on any atom is 0.322 e. The van der Waals surface area contributed by atoms with Crippen LogP contribution >= 0.6 is 11.8 Å². The van der Waals surface area contributed by atoms with Gasteiger partial charge in [0.15, 0.2) is 0 Å². The summed E-state index contributed by atoms with van der Waals surface area (Å²) in [7, 11) is 0. The third kappa shape index (κ3) is 3.00. The van der Waals surface area contributed by atoms with Crippen molar-refractivity contribution in [3.05, 3.63) is 41.7 Å². The summed E-state index contributed by atoms with van der Waals surface area (Å²) in [5, 5.41) is 9.03. The molecule has 1 N–H and O–H groups in total. The van der Waals surface area contributed by atoms with Crippen molar-refractivity contribution in [3.8, 4) is 11.8 Å². The molecule has 0 aliphatic heterocycles. The highest BCUT2D eigenvalue weighted by Gasteiger charge is 2.04. The predicted molar refractivity (Wildman–Crippen MR) is 71.0 cm³/mol. The van der Waals surface area contributed by atoms with Crippen molar-refractivity contribution in [3.63, 3.8) is 0 Å². The second-order valence-corrected chi connectivity index (χ2v) is 4.58. The number of nitrogens with zero attached hydrogens (tertiary/aromatic N) is 2. The summed E-state index contributed by atoms with van der Waals surface area (Å²) in [6.45, 7) is 1.76. The number of benzene rings is 1. The van der Waals surface area contributed by atoms with E-state index < -0.39 is 0 Å². The summed E-state index contributed by atoms with van der Waals surface area (Å²) in [6, 6.07) is 8.01. The molecular formula is C13H14N2O2S. The van der Waals surface area contributed by atoms with Gasteiger partial charge in [-0.15, -0.1) is 11.8 Å². The average Bonchev–Trinajstić information content (AvgIpc) is 2.40. The van der Waals surface area contributed by atoms with Crippen LogP contribution in [0.2, 0.25) is 0 Å². The third-order valence-corrected chi connectivity index (χ3v) is 3.24. The van der Waals surface area contributed by atoms with Crippen molar-refractivity contribution in [2.45, 2.75) is 18.4 Å². The van der Waals surface area contributed by atoms with E-state index >= 15 is 0 Å². The minimum Gasteiger partial charge on any atom is -0.424 e. The predicted octanol–water partition coefficient (Wildman–Crippen LogP) is 2.79. The number of aliphatic hydroxyl groups is 1. The van der Waals surface area contributed by atoms with Crippen LogP contribution in [0.3, 0.4) is 0 Å². The normalized spacial score (nSPS) is 10.4. The summed E-state index contributed by atoms with van der Waals surface area (Å²) in [5.74, 6) is 0.698. The molecule has 0 aliphatic carbocycles. The van der Waals surface area contributed by atoms with Crippen LogP contribution in [-0.2, 0) is 6.61 Å². The van der Waals surface area contributed by atoms with E-state index in [9.17, 15) is 0 Å². The van der Waals surface area contributed by atoms with Gasteiger partial charge in [0.05, 0.1) is 12.3 Å². The SMILES string of the molecule is CSc1ccc(Oc2ncc(CO)c(C)n2)cc1. The maximum absolute atomic E-state index is 9.03. The first kappa shape index (κ1) is 12.9. The zero-order valence-electron chi connectivity index (χ0n) is 10.3. The highest BCUT2D eigenvalue weighted by molar-refractivity contribution is 7.98. The van der Waals surface area contributed by atoms with E-state index in [1.807, 2.05) is 37.4 Å². The first-order valence-electron chi connectivity index (χ1n) is 5.48. The largest absolute Gasteiger partial charge is 0.424 e. The van der Waals surface area contributed by atoms with Crippen LogP contribution < -0.4 is 4.74 Å². The molecule has 4 nitrogen and oxygen atoms in total. The zero-order valence-corrected chi connectivity index (χ0v) is 11.1. The molecule has 1 heterocycles. The molecule has 5 heteroatoms. The fourth-order valence-corrected chi connectivity index (χ4v) is 1.83. The number of aromatic nitrogens is 2. The van der Waals surface area contributed by atoms with Crippen molar-refractivity contribution >= 4 is 11.8 Å². The van der Waals surface area contributed by atoms with Gasteiger partial charge in [-0.1, -0.05) is 0 Å². The van der Waals surface area contributed by atoms with Crippen LogP contribution in [0.25, 0.3) is 0 Å². The van der Waals surface area contributed by atoms with Gasteiger partial charge < -0.3 is 9.84 Å². The average molecular weight is 262 g/mol. The Kier molecular flexibility index (Phi) is 4.17. The van der Waals surface area contributed by atoms with Crippen LogP contribution in [0, 0.1) is 6.92 Å². The first-order chi connectivity index (χ1) is 8.72. The summed E-state index contributed by atoms with van der Waals surface area (Å²) < 4.78 is 5.55. The maximum atomic E-state index is 9.03. The van der Waals surface area contributed by atoms with Crippen molar-refractivity contribution < 1.29 is 9.84 Å². The standard InChI is InChI=1S/C13H14N2O2S/c1-9-10(8-16)7-14-13(15-9)17-11-3-5-12(18-2)6-4-11/h3-7,16H,8H2,1-2H3. The molecule has 18 heavy (non-hydrogen) atoms. The van der Waals surface area contributed by atoms with Crippen molar-refractivity contribution in [2.24, 2.45) is 0 Å². The first-order valence-corrected chi connectivity index (χ1v) is 6.70. The van der Waals surface area contributed by atoms with Crippen molar-refractivity contribution in [1.82, 2.24) is 9.97 Å². The van der Waals surface area contributed by atoms with Gasteiger partial charge >= 0.3 is 6.01 Å². The number of aryl methyl sites for hydroxylation is 1. The van der Waals surface area contributed by atoms with Crippen molar-refractivity contribution in [1.29, 1.82) is 0 Å². The van der Waals surface area contributed by atoms with Gasteiger partial charge in [-0.3, -0.25) is 0 Å². The van der Waals surface area contributed by atoms with Crippen LogP contribution in [0.5, 0.6) is 11.8 Å². The van der Waals surface area contributed by atoms with Gasteiger partial charge in [0.25, 0.3) is 0 Å². The highest BCUT2D eigenvalue weighted by atomic mass is 32.2. The molecule has 2 aromatic rings. The zero-order chi connectivity index (χ0) is 13.0. The molecule has 0 amide bonds. The minimum atomic E-state index is -0.0610. The van der Waals surface area contributed by atoms with Gasteiger partial charge in [0.2, 0.25) is 0 Å². The van der Waals surface area contributed by atoms with Gasteiger partial charge in [-0.05, 0) is 37.4 Å². The fraction of sp³-hybridized carbons (Fsp3) is 0.231. The van der Waals surface area contributed by atoms with Crippen LogP contribution in [0.4, 0.5) is 0 Å². The van der Waals surface area contributed by atoms with E-state index in [1.54, 1.807) is 18.0 Å². The Bertz CT molecular complexity index is 529. The molecule has 0 fully saturated rings. The molecule has 0 atom stereocenters. The Hall–Kier alpha value is -1.59. The summed E-state index contributed by atoms with van der Waals surface area (Å²) in [6.07, 6.45) is 3.60. The summed E-state index contributed by atoms with van der Waals surface area (Å²) in [5.41, 5.74) is 1.43. The molecule has 0 spiro atoms. The smallest absolute Gasteiger partial charge is 0.322 e. The number of rotatable bonds is 4. The van der Waals surface area contributed by atoms with E-state index in [0.717, 1.165) is 5.69 Å².